The molecule has 2 heterocycles. The van der Waals surface area contributed by atoms with E-state index in [4.69, 9.17) is 0 Å². The van der Waals surface area contributed by atoms with Gasteiger partial charge in [0.2, 0.25) is 0 Å². The quantitative estimate of drug-likeness (QED) is 0.867. The van der Waals surface area contributed by atoms with Crippen LogP contribution in [-0.2, 0) is 11.2 Å². The third kappa shape index (κ3) is 2.26. The van der Waals surface area contributed by atoms with Crippen LogP contribution in [0.1, 0.15) is 44.3 Å². The average Bonchev–Trinajstić information content (AvgIpc) is 2.69. The van der Waals surface area contributed by atoms with Gasteiger partial charge in [0.15, 0.2) is 5.65 Å². The molecule has 0 aromatic carbocycles. The minimum Gasteiger partial charge on any atom is -0.481 e. The van der Waals surface area contributed by atoms with Crippen molar-refractivity contribution in [3.63, 3.8) is 0 Å². The van der Waals surface area contributed by atoms with Crippen LogP contribution in [0.3, 0.4) is 0 Å². The molecular formula is C14H18N4O2. The molecule has 1 fully saturated rings. The van der Waals surface area contributed by atoms with Gasteiger partial charge in [-0.05, 0) is 12.8 Å². The maximum absolute atomic E-state index is 11.8. The first-order chi connectivity index (χ1) is 9.71. The highest BCUT2D eigenvalue weighted by Crippen LogP contribution is 2.38. The van der Waals surface area contributed by atoms with Crippen LogP contribution in [0.25, 0.3) is 5.65 Å². The van der Waals surface area contributed by atoms with Gasteiger partial charge in [-0.25, -0.2) is 4.98 Å². The Morgan fingerprint density at radius 3 is 2.70 bits per heavy atom. The van der Waals surface area contributed by atoms with E-state index in [0.717, 1.165) is 38.5 Å². The van der Waals surface area contributed by atoms with Crippen LogP contribution >= 0.6 is 0 Å². The fourth-order valence-electron chi connectivity index (χ4n) is 3.09. The minimum atomic E-state index is -0.708. The monoisotopic (exact) mass is 274 g/mol. The van der Waals surface area contributed by atoms with Gasteiger partial charge in [-0.2, -0.15) is 0 Å². The minimum absolute atomic E-state index is 0.426. The molecule has 20 heavy (non-hydrogen) atoms. The number of hydrogen-bond acceptors (Lipinski definition) is 4. The molecule has 1 aliphatic rings. The maximum atomic E-state index is 11.8. The maximum Gasteiger partial charge on any atom is 0.310 e. The summed E-state index contributed by atoms with van der Waals surface area (Å²) in [4.78, 5) is 15.9. The van der Waals surface area contributed by atoms with Crippen LogP contribution in [0.4, 0.5) is 0 Å². The first-order valence-corrected chi connectivity index (χ1v) is 7.08. The number of aliphatic carboxylic acids is 1. The van der Waals surface area contributed by atoms with Gasteiger partial charge < -0.3 is 5.11 Å². The first-order valence-electron chi connectivity index (χ1n) is 7.08. The van der Waals surface area contributed by atoms with Crippen LogP contribution in [0.2, 0.25) is 0 Å². The van der Waals surface area contributed by atoms with Crippen LogP contribution < -0.4 is 0 Å². The lowest BCUT2D eigenvalue weighted by atomic mass is 9.77. The molecule has 106 valence electrons. The predicted octanol–water partition coefficient (Wildman–Crippen LogP) is 2.09. The third-order valence-corrected chi connectivity index (χ3v) is 4.30. The fraction of sp³-hybridized carbons (Fsp3) is 0.571. The van der Waals surface area contributed by atoms with E-state index >= 15 is 0 Å². The molecule has 0 radical (unpaired) electrons. The van der Waals surface area contributed by atoms with Crippen molar-refractivity contribution in [3.8, 4) is 0 Å². The molecule has 6 heteroatoms. The molecule has 3 rings (SSSR count). The summed E-state index contributed by atoms with van der Waals surface area (Å²) in [5.41, 5.74) is 0.0131. The Hall–Kier alpha value is -1.98. The lowest BCUT2D eigenvalue weighted by molar-refractivity contribution is -0.150. The summed E-state index contributed by atoms with van der Waals surface area (Å²) in [6.45, 7) is 0. The molecule has 1 N–H and O–H groups in total. The summed E-state index contributed by atoms with van der Waals surface area (Å²) in [6.07, 6.45) is 9.37. The number of aromatic nitrogens is 4. The number of hydrogen-bond donors (Lipinski definition) is 1. The van der Waals surface area contributed by atoms with Gasteiger partial charge >= 0.3 is 5.97 Å². The van der Waals surface area contributed by atoms with E-state index in [0.29, 0.717) is 17.9 Å². The molecule has 2 aromatic heterocycles. The van der Waals surface area contributed by atoms with E-state index in [2.05, 4.69) is 15.2 Å². The zero-order chi connectivity index (χ0) is 14.0. The molecule has 1 aliphatic carbocycles. The Bertz CT molecular complexity index is 614. The normalized spacial score (nSPS) is 18.8. The van der Waals surface area contributed by atoms with Crippen molar-refractivity contribution in [1.82, 2.24) is 19.6 Å². The topological polar surface area (TPSA) is 80.4 Å². The van der Waals surface area contributed by atoms with E-state index in [1.54, 1.807) is 23.0 Å². The van der Waals surface area contributed by atoms with Crippen molar-refractivity contribution in [2.24, 2.45) is 5.41 Å². The van der Waals surface area contributed by atoms with Crippen molar-refractivity contribution in [3.05, 3.63) is 24.4 Å². The van der Waals surface area contributed by atoms with E-state index < -0.39 is 11.4 Å². The van der Waals surface area contributed by atoms with Crippen LogP contribution in [0.15, 0.2) is 18.6 Å². The van der Waals surface area contributed by atoms with Gasteiger partial charge in [0.25, 0.3) is 0 Å². The molecule has 0 atom stereocenters. The summed E-state index contributed by atoms with van der Waals surface area (Å²) in [6, 6.07) is 1.77. The predicted molar refractivity (Wildman–Crippen MR) is 72.3 cm³/mol. The van der Waals surface area contributed by atoms with Gasteiger partial charge in [-0.3, -0.25) is 9.20 Å². The smallest absolute Gasteiger partial charge is 0.310 e. The van der Waals surface area contributed by atoms with Crippen LogP contribution in [0.5, 0.6) is 0 Å². The number of fused-ring (bicyclic) bond motifs is 1. The second-order valence-corrected chi connectivity index (χ2v) is 5.60. The van der Waals surface area contributed by atoms with Gasteiger partial charge in [-0.1, -0.05) is 25.7 Å². The standard InChI is InChI=1S/C14H18N4O2/c19-13(20)14(6-3-1-2-4-7-14)9-12-17-16-11-5-8-15-10-18(11)12/h5,8,10H,1-4,6-7,9H2,(H,19,20). The van der Waals surface area contributed by atoms with Gasteiger partial charge in [0.1, 0.15) is 12.2 Å². The summed E-state index contributed by atoms with van der Waals surface area (Å²) in [7, 11) is 0. The Morgan fingerprint density at radius 2 is 2.00 bits per heavy atom. The molecule has 0 spiro atoms. The van der Waals surface area contributed by atoms with Crippen molar-refractivity contribution >= 4 is 11.6 Å². The number of nitrogens with zero attached hydrogens (tertiary/aromatic N) is 4. The van der Waals surface area contributed by atoms with Crippen LogP contribution in [-0.4, -0.2) is 30.7 Å². The molecule has 0 saturated heterocycles. The van der Waals surface area contributed by atoms with Gasteiger partial charge in [0.05, 0.1) is 5.41 Å². The van der Waals surface area contributed by atoms with Crippen molar-refractivity contribution < 1.29 is 9.90 Å². The van der Waals surface area contributed by atoms with E-state index in [1.807, 2.05) is 0 Å². The fourth-order valence-corrected chi connectivity index (χ4v) is 3.09. The zero-order valence-electron chi connectivity index (χ0n) is 11.3. The molecular weight excluding hydrogens is 256 g/mol. The van der Waals surface area contributed by atoms with Crippen molar-refractivity contribution in [2.75, 3.05) is 0 Å². The number of carbonyl (C=O) groups is 1. The Kier molecular flexibility index (Phi) is 3.38. The number of rotatable bonds is 3. The lowest BCUT2D eigenvalue weighted by Gasteiger charge is -2.27. The van der Waals surface area contributed by atoms with Gasteiger partial charge in [-0.15, -0.1) is 10.2 Å². The second-order valence-electron chi connectivity index (χ2n) is 5.60. The van der Waals surface area contributed by atoms with Gasteiger partial charge in [0, 0.05) is 18.7 Å². The SMILES string of the molecule is O=C(O)C1(Cc2nnc3ccncn23)CCCCCC1. The first kappa shape index (κ1) is 13.0. The highest BCUT2D eigenvalue weighted by molar-refractivity contribution is 5.75. The Labute approximate surface area is 116 Å². The van der Waals surface area contributed by atoms with E-state index in [-0.39, 0.29) is 0 Å². The summed E-state index contributed by atoms with van der Waals surface area (Å²) in [5.74, 6) is -0.0163. The average molecular weight is 274 g/mol. The van der Waals surface area contributed by atoms with Crippen molar-refractivity contribution in [1.29, 1.82) is 0 Å². The summed E-state index contributed by atoms with van der Waals surface area (Å²) < 4.78 is 1.79. The Morgan fingerprint density at radius 1 is 1.25 bits per heavy atom. The van der Waals surface area contributed by atoms with E-state index in [1.165, 1.54) is 0 Å². The zero-order valence-corrected chi connectivity index (χ0v) is 11.3. The number of carboxylic acids is 1. The lowest BCUT2D eigenvalue weighted by Crippen LogP contribution is -2.33. The highest BCUT2D eigenvalue weighted by Gasteiger charge is 2.40. The highest BCUT2D eigenvalue weighted by atomic mass is 16.4. The summed E-state index contributed by atoms with van der Waals surface area (Å²) >= 11 is 0. The largest absolute Gasteiger partial charge is 0.481 e. The third-order valence-electron chi connectivity index (χ3n) is 4.30. The Balaban J connectivity index is 1.95. The molecule has 0 aliphatic heterocycles. The van der Waals surface area contributed by atoms with Crippen molar-refractivity contribution in [2.45, 2.75) is 44.9 Å². The molecule has 0 bridgehead atoms. The summed E-state index contributed by atoms with van der Waals surface area (Å²) in [5, 5.41) is 17.9. The van der Waals surface area contributed by atoms with E-state index in [9.17, 15) is 9.90 Å². The molecule has 6 nitrogen and oxygen atoms in total. The second kappa shape index (κ2) is 5.19. The molecule has 0 amide bonds. The number of carboxylic acid groups (broad SMARTS) is 1. The molecule has 1 saturated carbocycles. The van der Waals surface area contributed by atoms with Crippen LogP contribution in [0, 0.1) is 5.41 Å². The molecule has 2 aromatic rings. The molecule has 0 unspecified atom stereocenters.